The number of nitrogens with zero attached hydrogens (tertiary/aromatic N) is 1. The van der Waals surface area contributed by atoms with Crippen molar-refractivity contribution in [2.45, 2.75) is 32.7 Å². The zero-order chi connectivity index (χ0) is 12.7. The van der Waals surface area contributed by atoms with E-state index < -0.39 is 0 Å². The quantitative estimate of drug-likeness (QED) is 0.306. The molecule has 0 saturated heterocycles. The van der Waals surface area contributed by atoms with Gasteiger partial charge < -0.3 is 16.3 Å². The molecule has 4 heteroatoms. The summed E-state index contributed by atoms with van der Waals surface area (Å²) in [6.07, 6.45) is 1.61. The number of rotatable bonds is 6. The summed E-state index contributed by atoms with van der Waals surface area (Å²) in [5, 5.41) is 14.7. The minimum absolute atomic E-state index is 0.256. The molecule has 0 fully saturated rings. The fourth-order valence-electron chi connectivity index (χ4n) is 1.63. The van der Waals surface area contributed by atoms with Crippen molar-refractivity contribution in [3.8, 4) is 0 Å². The predicted molar refractivity (Wildman–Crippen MR) is 70.3 cm³/mol. The first-order valence-electron chi connectivity index (χ1n) is 5.96. The fourth-order valence-corrected chi connectivity index (χ4v) is 1.63. The Morgan fingerprint density at radius 1 is 1.41 bits per heavy atom. The van der Waals surface area contributed by atoms with Crippen LogP contribution < -0.4 is 11.1 Å². The SMILES string of the molecule is CCc1ccc(C(C)NCCC(N)=NO)cc1. The second-order valence-corrected chi connectivity index (χ2v) is 4.11. The van der Waals surface area contributed by atoms with E-state index in [0.29, 0.717) is 13.0 Å². The van der Waals surface area contributed by atoms with Gasteiger partial charge in [-0.15, -0.1) is 0 Å². The van der Waals surface area contributed by atoms with Crippen LogP contribution in [0.4, 0.5) is 0 Å². The van der Waals surface area contributed by atoms with Crippen LogP contribution in [0.3, 0.4) is 0 Å². The molecule has 0 bridgehead atoms. The second kappa shape index (κ2) is 6.91. The molecule has 1 aromatic rings. The molecule has 0 amide bonds. The van der Waals surface area contributed by atoms with E-state index in [1.54, 1.807) is 0 Å². The van der Waals surface area contributed by atoms with E-state index >= 15 is 0 Å². The average molecular weight is 235 g/mol. The van der Waals surface area contributed by atoms with E-state index in [4.69, 9.17) is 10.9 Å². The number of hydrogen-bond acceptors (Lipinski definition) is 3. The van der Waals surface area contributed by atoms with Gasteiger partial charge in [-0.05, 0) is 24.5 Å². The lowest BCUT2D eigenvalue weighted by Crippen LogP contribution is -2.24. The number of nitrogens with one attached hydrogen (secondary N) is 1. The van der Waals surface area contributed by atoms with Gasteiger partial charge in [0.2, 0.25) is 0 Å². The molecule has 1 aromatic carbocycles. The number of nitrogens with two attached hydrogens (primary N) is 1. The zero-order valence-corrected chi connectivity index (χ0v) is 10.5. The van der Waals surface area contributed by atoms with E-state index in [2.05, 4.69) is 48.6 Å². The third-order valence-corrected chi connectivity index (χ3v) is 2.85. The van der Waals surface area contributed by atoms with E-state index in [1.165, 1.54) is 11.1 Å². The molecule has 94 valence electrons. The number of aryl methyl sites for hydroxylation is 1. The minimum Gasteiger partial charge on any atom is -0.409 e. The molecule has 17 heavy (non-hydrogen) atoms. The molecule has 4 N–H and O–H groups in total. The van der Waals surface area contributed by atoms with Crippen molar-refractivity contribution in [3.05, 3.63) is 35.4 Å². The first-order chi connectivity index (χ1) is 8.17. The number of benzene rings is 1. The molecule has 0 aliphatic rings. The van der Waals surface area contributed by atoms with E-state index in [0.717, 1.165) is 6.42 Å². The summed E-state index contributed by atoms with van der Waals surface area (Å²) in [7, 11) is 0. The maximum absolute atomic E-state index is 8.41. The molecule has 0 radical (unpaired) electrons. The Labute approximate surface area is 103 Å². The fraction of sp³-hybridized carbons (Fsp3) is 0.462. The van der Waals surface area contributed by atoms with Crippen LogP contribution in [0.1, 0.15) is 37.4 Å². The molecule has 1 atom stereocenters. The standard InChI is InChI=1S/C13H21N3O/c1-3-11-4-6-12(7-5-11)10(2)15-9-8-13(14)16-17/h4-7,10,15,17H,3,8-9H2,1-2H3,(H2,14,16). The van der Waals surface area contributed by atoms with E-state index in [1.807, 2.05) is 0 Å². The van der Waals surface area contributed by atoms with Crippen molar-refractivity contribution in [1.82, 2.24) is 5.32 Å². The van der Waals surface area contributed by atoms with Crippen molar-refractivity contribution >= 4 is 5.84 Å². The van der Waals surface area contributed by atoms with Crippen molar-refractivity contribution < 1.29 is 5.21 Å². The average Bonchev–Trinajstić information content (AvgIpc) is 2.38. The Balaban J connectivity index is 2.43. The number of hydrogen-bond donors (Lipinski definition) is 3. The van der Waals surface area contributed by atoms with Crippen LogP contribution in [-0.2, 0) is 6.42 Å². The Hall–Kier alpha value is -1.55. The number of amidine groups is 1. The topological polar surface area (TPSA) is 70.6 Å². The summed E-state index contributed by atoms with van der Waals surface area (Å²) < 4.78 is 0. The molecule has 1 unspecified atom stereocenters. The van der Waals surface area contributed by atoms with Gasteiger partial charge in [-0.3, -0.25) is 0 Å². The lowest BCUT2D eigenvalue weighted by Gasteiger charge is -2.14. The van der Waals surface area contributed by atoms with Crippen LogP contribution in [0.25, 0.3) is 0 Å². The normalized spacial score (nSPS) is 13.6. The first-order valence-corrected chi connectivity index (χ1v) is 5.96. The van der Waals surface area contributed by atoms with Crippen molar-refractivity contribution in [2.24, 2.45) is 10.9 Å². The van der Waals surface area contributed by atoms with Crippen molar-refractivity contribution in [3.63, 3.8) is 0 Å². The lowest BCUT2D eigenvalue weighted by atomic mass is 10.0. The van der Waals surface area contributed by atoms with Gasteiger partial charge in [-0.1, -0.05) is 36.3 Å². The third kappa shape index (κ3) is 4.44. The number of oxime groups is 1. The zero-order valence-electron chi connectivity index (χ0n) is 10.5. The molecular formula is C13H21N3O. The van der Waals surface area contributed by atoms with Crippen LogP contribution in [0.5, 0.6) is 0 Å². The molecule has 0 aromatic heterocycles. The monoisotopic (exact) mass is 235 g/mol. The summed E-state index contributed by atoms with van der Waals surface area (Å²) in [6, 6.07) is 8.85. The maximum Gasteiger partial charge on any atom is 0.140 e. The predicted octanol–water partition coefficient (Wildman–Crippen LogP) is 2.04. The summed E-state index contributed by atoms with van der Waals surface area (Å²) in [5.41, 5.74) is 7.99. The largest absolute Gasteiger partial charge is 0.409 e. The van der Waals surface area contributed by atoms with Gasteiger partial charge in [0.15, 0.2) is 0 Å². The first kappa shape index (κ1) is 13.5. The summed E-state index contributed by atoms with van der Waals surface area (Å²) >= 11 is 0. The Bertz CT molecular complexity index is 359. The van der Waals surface area contributed by atoms with Crippen LogP contribution in [-0.4, -0.2) is 17.6 Å². The summed E-state index contributed by atoms with van der Waals surface area (Å²) in [5.74, 6) is 0.256. The van der Waals surface area contributed by atoms with Crippen molar-refractivity contribution in [2.75, 3.05) is 6.54 Å². The lowest BCUT2D eigenvalue weighted by molar-refractivity contribution is 0.316. The van der Waals surface area contributed by atoms with E-state index in [-0.39, 0.29) is 11.9 Å². The van der Waals surface area contributed by atoms with Crippen LogP contribution in [0.15, 0.2) is 29.4 Å². The molecular weight excluding hydrogens is 214 g/mol. The van der Waals surface area contributed by atoms with Gasteiger partial charge in [0, 0.05) is 19.0 Å². The van der Waals surface area contributed by atoms with Crippen LogP contribution in [0.2, 0.25) is 0 Å². The van der Waals surface area contributed by atoms with Crippen LogP contribution >= 0.6 is 0 Å². The minimum atomic E-state index is 0.256. The molecule has 0 saturated carbocycles. The smallest absolute Gasteiger partial charge is 0.140 e. The molecule has 0 spiro atoms. The van der Waals surface area contributed by atoms with Gasteiger partial charge >= 0.3 is 0 Å². The van der Waals surface area contributed by atoms with Gasteiger partial charge in [0.05, 0.1) is 0 Å². The van der Waals surface area contributed by atoms with E-state index in [9.17, 15) is 0 Å². The molecule has 0 aliphatic heterocycles. The van der Waals surface area contributed by atoms with Crippen LogP contribution in [0, 0.1) is 0 Å². The molecule has 0 aliphatic carbocycles. The Morgan fingerprint density at radius 3 is 2.59 bits per heavy atom. The summed E-state index contributed by atoms with van der Waals surface area (Å²) in [6.45, 7) is 4.95. The molecule has 4 nitrogen and oxygen atoms in total. The maximum atomic E-state index is 8.41. The van der Waals surface area contributed by atoms with Gasteiger partial charge in [-0.2, -0.15) is 0 Å². The highest BCUT2D eigenvalue weighted by atomic mass is 16.4. The van der Waals surface area contributed by atoms with Gasteiger partial charge in [0.1, 0.15) is 5.84 Å². The Kier molecular flexibility index (Phi) is 5.49. The van der Waals surface area contributed by atoms with Gasteiger partial charge in [-0.25, -0.2) is 0 Å². The third-order valence-electron chi connectivity index (χ3n) is 2.85. The second-order valence-electron chi connectivity index (χ2n) is 4.11. The highest BCUT2D eigenvalue weighted by Crippen LogP contribution is 2.13. The van der Waals surface area contributed by atoms with Gasteiger partial charge in [0.25, 0.3) is 0 Å². The highest BCUT2D eigenvalue weighted by molar-refractivity contribution is 5.79. The van der Waals surface area contributed by atoms with Crippen molar-refractivity contribution in [1.29, 1.82) is 0 Å². The molecule has 1 rings (SSSR count). The highest BCUT2D eigenvalue weighted by Gasteiger charge is 2.04. The summed E-state index contributed by atoms with van der Waals surface area (Å²) in [4.78, 5) is 0. The molecule has 0 heterocycles. The Morgan fingerprint density at radius 2 is 2.06 bits per heavy atom.